The highest BCUT2D eigenvalue weighted by Gasteiger charge is 2.08. The van der Waals surface area contributed by atoms with Crippen LogP contribution in [0.3, 0.4) is 0 Å². The number of hydrogen-bond donors (Lipinski definition) is 0. The predicted octanol–water partition coefficient (Wildman–Crippen LogP) is 5.08. The summed E-state index contributed by atoms with van der Waals surface area (Å²) < 4.78 is 1.97. The fourth-order valence-corrected chi connectivity index (χ4v) is 2.66. The van der Waals surface area contributed by atoms with Crippen molar-refractivity contribution in [2.24, 2.45) is 0 Å². The number of rotatable bonds is 3. The molecule has 0 atom stereocenters. The molecule has 0 aliphatic rings. The number of para-hydroxylation sites is 1. The van der Waals surface area contributed by atoms with Gasteiger partial charge in [0.05, 0.1) is 15.7 Å². The van der Waals surface area contributed by atoms with Crippen LogP contribution in [-0.2, 0) is 6.42 Å². The van der Waals surface area contributed by atoms with E-state index in [-0.39, 0.29) is 0 Å². The molecular formula is C17H14Cl2N2. The van der Waals surface area contributed by atoms with Gasteiger partial charge in [-0.25, -0.2) is 4.68 Å². The second kappa shape index (κ2) is 5.92. The molecule has 0 spiro atoms. The summed E-state index contributed by atoms with van der Waals surface area (Å²) in [5.41, 5.74) is 4.51. The summed E-state index contributed by atoms with van der Waals surface area (Å²) >= 11 is 12.0. The third-order valence-electron chi connectivity index (χ3n) is 3.43. The van der Waals surface area contributed by atoms with Crippen LogP contribution in [0.5, 0.6) is 0 Å². The monoisotopic (exact) mass is 316 g/mol. The Morgan fingerprint density at radius 2 is 1.81 bits per heavy atom. The molecule has 0 unspecified atom stereocenters. The SMILES string of the molecule is Cc1ccccc1-n1nccc1Cc1ccc(Cl)c(Cl)c1. The second-order valence-electron chi connectivity index (χ2n) is 4.95. The van der Waals surface area contributed by atoms with E-state index < -0.39 is 0 Å². The van der Waals surface area contributed by atoms with Crippen LogP contribution in [0.15, 0.2) is 54.7 Å². The molecule has 1 aromatic heterocycles. The highest BCUT2D eigenvalue weighted by molar-refractivity contribution is 6.42. The van der Waals surface area contributed by atoms with Crippen LogP contribution in [0.25, 0.3) is 5.69 Å². The lowest BCUT2D eigenvalue weighted by Crippen LogP contribution is -2.04. The minimum absolute atomic E-state index is 0.577. The normalized spacial score (nSPS) is 10.8. The zero-order chi connectivity index (χ0) is 14.8. The van der Waals surface area contributed by atoms with E-state index in [9.17, 15) is 0 Å². The average Bonchev–Trinajstić information content (AvgIpc) is 2.91. The Labute approximate surface area is 133 Å². The van der Waals surface area contributed by atoms with Crippen molar-refractivity contribution in [2.75, 3.05) is 0 Å². The fraction of sp³-hybridized carbons (Fsp3) is 0.118. The van der Waals surface area contributed by atoms with Gasteiger partial charge >= 0.3 is 0 Å². The highest BCUT2D eigenvalue weighted by atomic mass is 35.5. The molecule has 21 heavy (non-hydrogen) atoms. The van der Waals surface area contributed by atoms with E-state index in [4.69, 9.17) is 23.2 Å². The Hall–Kier alpha value is -1.77. The molecule has 0 amide bonds. The van der Waals surface area contributed by atoms with E-state index in [1.807, 2.05) is 47.3 Å². The molecule has 2 aromatic carbocycles. The van der Waals surface area contributed by atoms with Gasteiger partial charge in [-0.15, -0.1) is 0 Å². The van der Waals surface area contributed by atoms with Crippen molar-refractivity contribution in [3.05, 3.63) is 81.6 Å². The van der Waals surface area contributed by atoms with Gasteiger partial charge in [0, 0.05) is 18.3 Å². The Balaban J connectivity index is 1.96. The molecule has 0 aliphatic heterocycles. The molecule has 1 heterocycles. The Kier molecular flexibility index (Phi) is 4.00. The zero-order valence-corrected chi connectivity index (χ0v) is 13.1. The van der Waals surface area contributed by atoms with Crippen LogP contribution < -0.4 is 0 Å². The molecule has 0 aliphatic carbocycles. The van der Waals surface area contributed by atoms with Crippen LogP contribution in [0.4, 0.5) is 0 Å². The number of hydrogen-bond acceptors (Lipinski definition) is 1. The first kappa shape index (κ1) is 14.2. The minimum Gasteiger partial charge on any atom is -0.237 e. The fourth-order valence-electron chi connectivity index (χ4n) is 2.34. The largest absolute Gasteiger partial charge is 0.237 e. The zero-order valence-electron chi connectivity index (χ0n) is 11.6. The van der Waals surface area contributed by atoms with Gasteiger partial charge in [0.25, 0.3) is 0 Å². The van der Waals surface area contributed by atoms with Crippen LogP contribution >= 0.6 is 23.2 Å². The maximum Gasteiger partial charge on any atom is 0.0678 e. The lowest BCUT2D eigenvalue weighted by molar-refractivity contribution is 0.818. The smallest absolute Gasteiger partial charge is 0.0678 e. The van der Waals surface area contributed by atoms with Gasteiger partial charge in [0.1, 0.15) is 0 Å². The second-order valence-corrected chi connectivity index (χ2v) is 5.76. The quantitative estimate of drug-likeness (QED) is 0.659. The van der Waals surface area contributed by atoms with Crippen LogP contribution in [0.2, 0.25) is 10.0 Å². The average molecular weight is 317 g/mol. The molecule has 3 aromatic rings. The van der Waals surface area contributed by atoms with Crippen molar-refractivity contribution >= 4 is 23.2 Å². The molecule has 4 heteroatoms. The van der Waals surface area contributed by atoms with E-state index in [0.29, 0.717) is 10.0 Å². The summed E-state index contributed by atoms with van der Waals surface area (Å²) in [5, 5.41) is 5.60. The minimum atomic E-state index is 0.577. The van der Waals surface area contributed by atoms with Gasteiger partial charge in [-0.2, -0.15) is 5.10 Å². The first-order valence-corrected chi connectivity index (χ1v) is 7.43. The lowest BCUT2D eigenvalue weighted by atomic mass is 10.1. The number of benzene rings is 2. The lowest BCUT2D eigenvalue weighted by Gasteiger charge is -2.10. The summed E-state index contributed by atoms with van der Waals surface area (Å²) in [4.78, 5) is 0. The van der Waals surface area contributed by atoms with Gasteiger partial charge < -0.3 is 0 Å². The predicted molar refractivity (Wildman–Crippen MR) is 87.6 cm³/mol. The molecule has 106 valence electrons. The maximum absolute atomic E-state index is 6.08. The standard InChI is InChI=1S/C17H14Cl2N2/c1-12-4-2-3-5-17(12)21-14(8-9-20-21)10-13-6-7-15(18)16(19)11-13/h2-9,11H,10H2,1H3. The van der Waals surface area contributed by atoms with E-state index in [1.54, 1.807) is 0 Å². The van der Waals surface area contributed by atoms with Crippen molar-refractivity contribution in [3.63, 3.8) is 0 Å². The summed E-state index contributed by atoms with van der Waals surface area (Å²) in [6.45, 7) is 2.08. The molecule has 0 bridgehead atoms. The van der Waals surface area contributed by atoms with Crippen molar-refractivity contribution < 1.29 is 0 Å². The molecule has 0 radical (unpaired) electrons. The Morgan fingerprint density at radius 1 is 1.00 bits per heavy atom. The Morgan fingerprint density at radius 3 is 2.57 bits per heavy atom. The van der Waals surface area contributed by atoms with Crippen molar-refractivity contribution in [3.8, 4) is 5.69 Å². The molecule has 0 saturated carbocycles. The van der Waals surface area contributed by atoms with Crippen LogP contribution in [0, 0.1) is 6.92 Å². The molecule has 0 saturated heterocycles. The molecule has 3 rings (SSSR count). The number of aromatic nitrogens is 2. The van der Waals surface area contributed by atoms with Gasteiger partial charge in [-0.3, -0.25) is 0 Å². The van der Waals surface area contributed by atoms with Gasteiger partial charge in [-0.05, 0) is 42.3 Å². The summed E-state index contributed by atoms with van der Waals surface area (Å²) in [6.07, 6.45) is 2.57. The first-order chi connectivity index (χ1) is 10.1. The van der Waals surface area contributed by atoms with Crippen molar-refractivity contribution in [2.45, 2.75) is 13.3 Å². The van der Waals surface area contributed by atoms with Crippen LogP contribution in [-0.4, -0.2) is 9.78 Å². The van der Waals surface area contributed by atoms with Crippen molar-refractivity contribution in [1.82, 2.24) is 9.78 Å². The number of nitrogens with zero attached hydrogens (tertiary/aromatic N) is 2. The van der Waals surface area contributed by atoms with E-state index >= 15 is 0 Å². The summed E-state index contributed by atoms with van der Waals surface area (Å²) in [7, 11) is 0. The highest BCUT2D eigenvalue weighted by Crippen LogP contribution is 2.24. The maximum atomic E-state index is 6.08. The summed E-state index contributed by atoms with van der Waals surface area (Å²) in [6, 6.07) is 15.9. The van der Waals surface area contributed by atoms with Gasteiger partial charge in [-0.1, -0.05) is 47.5 Å². The van der Waals surface area contributed by atoms with E-state index in [0.717, 1.165) is 23.4 Å². The molecule has 2 nitrogen and oxygen atoms in total. The van der Waals surface area contributed by atoms with Gasteiger partial charge in [0.2, 0.25) is 0 Å². The van der Waals surface area contributed by atoms with Gasteiger partial charge in [0.15, 0.2) is 0 Å². The molecule has 0 N–H and O–H groups in total. The topological polar surface area (TPSA) is 17.8 Å². The summed E-state index contributed by atoms with van der Waals surface area (Å²) in [5.74, 6) is 0. The molecule has 0 fully saturated rings. The van der Waals surface area contributed by atoms with Crippen molar-refractivity contribution in [1.29, 1.82) is 0 Å². The Bertz CT molecular complexity index is 778. The third kappa shape index (κ3) is 2.97. The van der Waals surface area contributed by atoms with E-state index in [2.05, 4.69) is 24.2 Å². The van der Waals surface area contributed by atoms with E-state index in [1.165, 1.54) is 5.56 Å². The number of aryl methyl sites for hydroxylation is 1. The number of halogens is 2. The first-order valence-electron chi connectivity index (χ1n) is 6.68. The third-order valence-corrected chi connectivity index (χ3v) is 4.17. The molecular weight excluding hydrogens is 303 g/mol. The van der Waals surface area contributed by atoms with Crippen LogP contribution in [0.1, 0.15) is 16.8 Å².